The number of ether oxygens (including phenoxy) is 2. The normalized spacial score (nSPS) is 22.2. The number of carbonyl (C=O) groups excluding carboxylic acids is 2. The summed E-state index contributed by atoms with van der Waals surface area (Å²) >= 11 is 0. The summed E-state index contributed by atoms with van der Waals surface area (Å²) < 4.78 is 52.6. The smallest absolute Gasteiger partial charge is 0.439 e. The minimum Gasteiger partial charge on any atom is -0.444 e. The van der Waals surface area contributed by atoms with E-state index in [1.54, 1.807) is 49.9 Å². The fourth-order valence-corrected chi connectivity index (χ4v) is 4.01. The maximum atomic E-state index is 14.7. The number of para-hydroxylation sites is 1. The summed E-state index contributed by atoms with van der Waals surface area (Å²) in [6.07, 6.45) is -1.88. The molecule has 0 saturated carbocycles. The van der Waals surface area contributed by atoms with E-state index in [4.69, 9.17) is 13.7 Å². The van der Waals surface area contributed by atoms with E-state index in [1.165, 1.54) is 0 Å². The van der Waals surface area contributed by atoms with Gasteiger partial charge in [0.15, 0.2) is 6.10 Å². The summed E-state index contributed by atoms with van der Waals surface area (Å²) in [5.74, 6) is 0. The zero-order valence-electron chi connectivity index (χ0n) is 18.5. The van der Waals surface area contributed by atoms with E-state index in [0.717, 1.165) is 6.26 Å². The molecule has 3 rings (SSSR count). The Labute approximate surface area is 186 Å². The van der Waals surface area contributed by atoms with Crippen LogP contribution < -0.4 is 4.90 Å². The lowest BCUT2D eigenvalue weighted by atomic mass is 9.99. The van der Waals surface area contributed by atoms with Gasteiger partial charge in [-0.1, -0.05) is 22.7 Å². The topological polar surface area (TPSA) is 106 Å². The molecule has 2 saturated heterocycles. The Morgan fingerprint density at radius 3 is 2.41 bits per heavy atom. The van der Waals surface area contributed by atoms with Gasteiger partial charge in [0.2, 0.25) is 0 Å². The summed E-state index contributed by atoms with van der Waals surface area (Å²) in [6, 6.07) is 5.73. The molecule has 10 nitrogen and oxygen atoms in total. The molecule has 2 atom stereocenters. The zero-order chi connectivity index (χ0) is 23.7. The summed E-state index contributed by atoms with van der Waals surface area (Å²) in [6.45, 7) is 6.64. The number of nitrogens with zero attached hydrogens (tertiary/aromatic N) is 3. The van der Waals surface area contributed by atoms with Gasteiger partial charge in [-0.3, -0.25) is 4.18 Å². The van der Waals surface area contributed by atoms with Crippen molar-refractivity contribution in [3.05, 3.63) is 29.8 Å². The molecule has 2 fully saturated rings. The highest BCUT2D eigenvalue weighted by Gasteiger charge is 2.46. The van der Waals surface area contributed by atoms with Gasteiger partial charge >= 0.3 is 12.2 Å². The monoisotopic (exact) mass is 473 g/mol. The van der Waals surface area contributed by atoms with Gasteiger partial charge in [-0.05, 0) is 26.8 Å². The molecular formula is C20H28FN3O7S. The van der Waals surface area contributed by atoms with Crippen LogP contribution >= 0.6 is 0 Å². The third kappa shape index (κ3) is 5.80. The van der Waals surface area contributed by atoms with Crippen LogP contribution in [0.2, 0.25) is 0 Å². The van der Waals surface area contributed by atoms with Crippen LogP contribution in [0.4, 0.5) is 19.8 Å². The summed E-state index contributed by atoms with van der Waals surface area (Å²) in [5, 5.41) is -0.0495. The highest BCUT2D eigenvalue weighted by Crippen LogP contribution is 2.39. The molecule has 178 valence electrons. The Morgan fingerprint density at radius 2 is 1.81 bits per heavy atom. The second-order valence-corrected chi connectivity index (χ2v) is 10.3. The highest BCUT2D eigenvalue weighted by molar-refractivity contribution is 7.85. The van der Waals surface area contributed by atoms with Gasteiger partial charge in [0.05, 0.1) is 6.26 Å². The van der Waals surface area contributed by atoms with Crippen LogP contribution in [0, 0.1) is 0 Å². The number of carbonyl (C=O) groups is 2. The largest absolute Gasteiger partial charge is 0.444 e. The average molecular weight is 474 g/mol. The van der Waals surface area contributed by atoms with Crippen molar-refractivity contribution in [1.82, 2.24) is 10.0 Å². The minimum atomic E-state index is -3.80. The van der Waals surface area contributed by atoms with E-state index in [2.05, 4.69) is 0 Å². The van der Waals surface area contributed by atoms with Gasteiger partial charge in [0, 0.05) is 37.4 Å². The van der Waals surface area contributed by atoms with Crippen molar-refractivity contribution < 1.29 is 36.1 Å². The number of hydrogen-bond acceptors (Lipinski definition) is 8. The Hall–Kier alpha value is -2.60. The molecule has 12 heteroatoms. The maximum absolute atomic E-state index is 14.7. The number of rotatable bonds is 5. The molecule has 0 N–H and O–H groups in total. The van der Waals surface area contributed by atoms with Crippen molar-refractivity contribution in [1.29, 1.82) is 0 Å². The lowest BCUT2D eigenvalue weighted by molar-refractivity contribution is 0.0239. The lowest BCUT2D eigenvalue weighted by Gasteiger charge is -2.38. The third-order valence-electron chi connectivity index (χ3n) is 5.00. The quantitative estimate of drug-likeness (QED) is 0.474. The maximum Gasteiger partial charge on any atom is 0.439 e. The molecule has 0 bridgehead atoms. The standard InChI is InChI=1S/C20H28FN3O7S/c1-20(2,3)31-18(25)23-11-9-22(10-12-23)15-8-6-5-7-14(15)17-16(13-29-32(4,27)28)30-19(26)24(17)21/h5-8,16-17H,9-13H2,1-4H3. The number of hydrogen-bond donors (Lipinski definition) is 0. The average Bonchev–Trinajstić information content (AvgIpc) is 2.98. The van der Waals surface area contributed by atoms with E-state index in [0.29, 0.717) is 37.4 Å². The van der Waals surface area contributed by atoms with E-state index < -0.39 is 46.7 Å². The highest BCUT2D eigenvalue weighted by atomic mass is 32.2. The molecule has 2 aliphatic heterocycles. The number of anilines is 1. The summed E-state index contributed by atoms with van der Waals surface area (Å²) in [4.78, 5) is 27.8. The Balaban J connectivity index is 1.77. The predicted octanol–water partition coefficient (Wildman–Crippen LogP) is 2.47. The molecule has 0 radical (unpaired) electrons. The summed E-state index contributed by atoms with van der Waals surface area (Å²) in [7, 11) is -3.80. The molecule has 2 heterocycles. The number of piperazine rings is 1. The first-order valence-corrected chi connectivity index (χ1v) is 12.0. The molecule has 0 aromatic heterocycles. The van der Waals surface area contributed by atoms with Crippen LogP contribution in [0.15, 0.2) is 24.3 Å². The van der Waals surface area contributed by atoms with Crippen LogP contribution in [0.1, 0.15) is 32.4 Å². The number of cyclic esters (lactones) is 1. The van der Waals surface area contributed by atoms with Crippen LogP contribution in [0.5, 0.6) is 0 Å². The molecular weight excluding hydrogens is 445 g/mol. The van der Waals surface area contributed by atoms with Crippen molar-refractivity contribution in [3.63, 3.8) is 0 Å². The van der Waals surface area contributed by atoms with Gasteiger partial charge in [-0.2, -0.15) is 8.42 Å². The second kappa shape index (κ2) is 9.10. The van der Waals surface area contributed by atoms with E-state index in [1.807, 2.05) is 4.90 Å². The van der Waals surface area contributed by atoms with Crippen molar-refractivity contribution >= 4 is 28.0 Å². The van der Waals surface area contributed by atoms with Crippen molar-refractivity contribution in [2.75, 3.05) is 43.9 Å². The van der Waals surface area contributed by atoms with Gasteiger partial charge in [-0.25, -0.2) is 9.59 Å². The fourth-order valence-electron chi connectivity index (χ4n) is 3.62. The first kappa shape index (κ1) is 24.1. The number of benzene rings is 1. The van der Waals surface area contributed by atoms with E-state index in [-0.39, 0.29) is 5.12 Å². The van der Waals surface area contributed by atoms with E-state index in [9.17, 15) is 22.5 Å². The van der Waals surface area contributed by atoms with Crippen molar-refractivity contribution in [3.8, 4) is 0 Å². The second-order valence-electron chi connectivity index (χ2n) is 8.68. The van der Waals surface area contributed by atoms with Crippen LogP contribution in [0.3, 0.4) is 0 Å². The lowest BCUT2D eigenvalue weighted by Crippen LogP contribution is -2.50. The molecule has 1 aromatic carbocycles. The van der Waals surface area contributed by atoms with Crippen molar-refractivity contribution in [2.24, 2.45) is 0 Å². The van der Waals surface area contributed by atoms with Gasteiger partial charge in [0.1, 0.15) is 18.2 Å². The van der Waals surface area contributed by atoms with Crippen LogP contribution in [-0.4, -0.2) is 81.4 Å². The molecule has 1 aromatic rings. The summed E-state index contributed by atoms with van der Waals surface area (Å²) in [5.41, 5.74) is 0.518. The SMILES string of the molecule is CC(C)(C)OC(=O)N1CCN(c2ccccc2C2C(COS(C)(=O)=O)OC(=O)N2F)CC1. The Kier molecular flexibility index (Phi) is 6.84. The van der Waals surface area contributed by atoms with Crippen LogP contribution in [0.25, 0.3) is 0 Å². The van der Waals surface area contributed by atoms with E-state index >= 15 is 0 Å². The molecule has 2 aliphatic rings. The third-order valence-corrected chi connectivity index (χ3v) is 5.56. The zero-order valence-corrected chi connectivity index (χ0v) is 19.3. The molecule has 2 unspecified atom stereocenters. The fraction of sp³-hybridized carbons (Fsp3) is 0.600. The Morgan fingerprint density at radius 1 is 1.19 bits per heavy atom. The van der Waals surface area contributed by atoms with Gasteiger partial charge in [-0.15, -0.1) is 5.12 Å². The van der Waals surface area contributed by atoms with Crippen molar-refractivity contribution in [2.45, 2.75) is 38.5 Å². The predicted molar refractivity (Wildman–Crippen MR) is 113 cm³/mol. The molecule has 0 aliphatic carbocycles. The Bertz CT molecular complexity index is 958. The van der Waals surface area contributed by atoms with Gasteiger partial charge < -0.3 is 19.3 Å². The van der Waals surface area contributed by atoms with Gasteiger partial charge in [0.25, 0.3) is 10.1 Å². The molecule has 2 amide bonds. The number of halogens is 1. The molecule has 0 spiro atoms. The molecule has 32 heavy (non-hydrogen) atoms. The minimum absolute atomic E-state index is 0.0495. The first-order valence-electron chi connectivity index (χ1n) is 10.2. The first-order chi connectivity index (χ1) is 14.9. The van der Waals surface area contributed by atoms with Crippen LogP contribution in [-0.2, 0) is 23.8 Å². The number of amides is 2.